The van der Waals surface area contributed by atoms with E-state index < -0.39 is 0 Å². The molecular formula is C15H24N2O. The maximum Gasteiger partial charge on any atom is 0.0462 e. The fourth-order valence-corrected chi connectivity index (χ4v) is 2.64. The van der Waals surface area contributed by atoms with Gasteiger partial charge in [0.05, 0.1) is 0 Å². The van der Waals surface area contributed by atoms with Crippen molar-refractivity contribution in [3.8, 4) is 0 Å². The van der Waals surface area contributed by atoms with Gasteiger partial charge in [-0.2, -0.15) is 0 Å². The Labute approximate surface area is 110 Å². The van der Waals surface area contributed by atoms with Crippen LogP contribution in [-0.4, -0.2) is 26.8 Å². The Morgan fingerprint density at radius 1 is 1.33 bits per heavy atom. The van der Waals surface area contributed by atoms with Gasteiger partial charge >= 0.3 is 0 Å². The number of ether oxygens (including phenoxy) is 1. The topological polar surface area (TPSA) is 38.5 Å². The number of hydrogen-bond donors (Lipinski definition) is 1. The van der Waals surface area contributed by atoms with Crippen LogP contribution in [0.25, 0.3) is 0 Å². The van der Waals surface area contributed by atoms with Gasteiger partial charge in [0.25, 0.3) is 0 Å². The molecule has 0 saturated carbocycles. The zero-order chi connectivity index (χ0) is 12.8. The fraction of sp³-hybridized carbons (Fsp3) is 0.600. The molecule has 18 heavy (non-hydrogen) atoms. The molecule has 2 rings (SSSR count). The molecule has 3 nitrogen and oxygen atoms in total. The first-order chi connectivity index (χ1) is 8.85. The van der Waals surface area contributed by atoms with Gasteiger partial charge in [-0.1, -0.05) is 12.1 Å². The van der Waals surface area contributed by atoms with Crippen molar-refractivity contribution in [1.82, 2.24) is 0 Å². The molecule has 0 bridgehead atoms. The van der Waals surface area contributed by atoms with Crippen molar-refractivity contribution in [1.29, 1.82) is 0 Å². The number of anilines is 1. The van der Waals surface area contributed by atoms with Crippen LogP contribution in [0, 0.1) is 0 Å². The van der Waals surface area contributed by atoms with Crippen molar-refractivity contribution in [2.45, 2.75) is 32.2 Å². The maximum atomic E-state index is 5.70. The number of unbranched alkanes of at least 4 members (excludes halogenated alkanes) is 1. The molecule has 0 aliphatic carbocycles. The number of hydrogen-bond acceptors (Lipinski definition) is 3. The van der Waals surface area contributed by atoms with Crippen LogP contribution in [0.4, 0.5) is 5.69 Å². The van der Waals surface area contributed by atoms with Crippen molar-refractivity contribution in [2.24, 2.45) is 5.73 Å². The summed E-state index contributed by atoms with van der Waals surface area (Å²) >= 11 is 0. The third-order valence-electron chi connectivity index (χ3n) is 3.62. The Morgan fingerprint density at radius 2 is 2.22 bits per heavy atom. The van der Waals surface area contributed by atoms with Crippen molar-refractivity contribution < 1.29 is 4.74 Å². The van der Waals surface area contributed by atoms with Crippen LogP contribution in [0.2, 0.25) is 0 Å². The van der Waals surface area contributed by atoms with Crippen LogP contribution >= 0.6 is 0 Å². The summed E-state index contributed by atoms with van der Waals surface area (Å²) in [4.78, 5) is 2.51. The summed E-state index contributed by atoms with van der Waals surface area (Å²) in [5.41, 5.74) is 9.83. The van der Waals surface area contributed by atoms with Crippen LogP contribution in [0.1, 0.15) is 30.4 Å². The second-order valence-corrected chi connectivity index (χ2v) is 4.96. The molecule has 0 amide bonds. The van der Waals surface area contributed by atoms with Crippen molar-refractivity contribution in [3.63, 3.8) is 0 Å². The van der Waals surface area contributed by atoms with Crippen molar-refractivity contribution >= 4 is 5.69 Å². The van der Waals surface area contributed by atoms with Crippen molar-refractivity contribution in [3.05, 3.63) is 29.3 Å². The van der Waals surface area contributed by atoms with Gasteiger partial charge in [0.15, 0.2) is 0 Å². The van der Waals surface area contributed by atoms with E-state index in [9.17, 15) is 0 Å². The average molecular weight is 248 g/mol. The highest BCUT2D eigenvalue weighted by Gasteiger charge is 2.16. The molecule has 0 atom stereocenters. The van der Waals surface area contributed by atoms with Crippen LogP contribution in [-0.2, 0) is 17.7 Å². The quantitative estimate of drug-likeness (QED) is 0.785. The lowest BCUT2D eigenvalue weighted by Crippen LogP contribution is -2.30. The van der Waals surface area contributed by atoms with E-state index in [1.807, 2.05) is 0 Å². The smallest absolute Gasteiger partial charge is 0.0462 e. The van der Waals surface area contributed by atoms with Gasteiger partial charge in [-0.15, -0.1) is 0 Å². The second-order valence-electron chi connectivity index (χ2n) is 4.96. The third kappa shape index (κ3) is 3.24. The summed E-state index contributed by atoms with van der Waals surface area (Å²) in [6, 6.07) is 6.68. The minimum atomic E-state index is 0.640. The number of nitrogens with zero attached hydrogens (tertiary/aromatic N) is 1. The highest BCUT2D eigenvalue weighted by atomic mass is 16.5. The number of benzene rings is 1. The fourth-order valence-electron chi connectivity index (χ4n) is 2.64. The van der Waals surface area contributed by atoms with Gasteiger partial charge < -0.3 is 15.4 Å². The largest absolute Gasteiger partial charge is 0.385 e. The van der Waals surface area contributed by atoms with Crippen LogP contribution < -0.4 is 10.6 Å². The predicted molar refractivity (Wildman–Crippen MR) is 76.0 cm³/mol. The van der Waals surface area contributed by atoms with Gasteiger partial charge in [-0.3, -0.25) is 0 Å². The Balaban J connectivity index is 1.99. The molecule has 0 saturated heterocycles. The minimum absolute atomic E-state index is 0.640. The monoisotopic (exact) mass is 248 g/mol. The number of rotatable bonds is 6. The maximum absolute atomic E-state index is 5.70. The number of fused-ring (bicyclic) bond motifs is 1. The summed E-state index contributed by atoms with van der Waals surface area (Å²) in [6.45, 7) is 3.83. The molecule has 0 aromatic heterocycles. The third-order valence-corrected chi connectivity index (χ3v) is 3.62. The molecule has 0 radical (unpaired) electrons. The molecule has 1 aromatic rings. The normalized spacial score (nSPS) is 14.7. The summed E-state index contributed by atoms with van der Waals surface area (Å²) in [6.07, 6.45) is 4.79. The summed E-state index contributed by atoms with van der Waals surface area (Å²) in [5, 5.41) is 0. The Kier molecular flexibility index (Phi) is 5.02. The SMILES string of the molecule is COCCCCN1CCCc2cc(CN)ccc21. The zero-order valence-electron chi connectivity index (χ0n) is 11.3. The van der Waals surface area contributed by atoms with Crippen molar-refractivity contribution in [2.75, 3.05) is 31.7 Å². The molecule has 3 heteroatoms. The lowest BCUT2D eigenvalue weighted by Gasteiger charge is -2.31. The Hall–Kier alpha value is -1.06. The molecule has 0 fully saturated rings. The van der Waals surface area contributed by atoms with Gasteiger partial charge in [0.1, 0.15) is 0 Å². The molecular weight excluding hydrogens is 224 g/mol. The molecule has 1 heterocycles. The lowest BCUT2D eigenvalue weighted by molar-refractivity contribution is 0.193. The van der Waals surface area contributed by atoms with E-state index in [-0.39, 0.29) is 0 Å². The predicted octanol–water partition coefficient (Wildman–Crippen LogP) is 2.32. The molecule has 0 unspecified atom stereocenters. The first-order valence-corrected chi connectivity index (χ1v) is 6.91. The van der Waals surface area contributed by atoms with Crippen LogP contribution in [0.3, 0.4) is 0 Å². The molecule has 2 N–H and O–H groups in total. The van der Waals surface area contributed by atoms with Gasteiger partial charge in [0, 0.05) is 39.0 Å². The molecule has 1 aliphatic heterocycles. The Bertz CT molecular complexity index is 379. The van der Waals surface area contributed by atoms with Crippen LogP contribution in [0.15, 0.2) is 18.2 Å². The zero-order valence-corrected chi connectivity index (χ0v) is 11.3. The Morgan fingerprint density at radius 3 is 3.00 bits per heavy atom. The lowest BCUT2D eigenvalue weighted by atomic mass is 9.99. The van der Waals surface area contributed by atoms with Crippen LogP contribution in [0.5, 0.6) is 0 Å². The summed E-state index contributed by atoms with van der Waals surface area (Å²) < 4.78 is 5.10. The standard InChI is InChI=1S/C15H24N2O/c1-18-10-3-2-8-17-9-4-5-14-11-13(12-16)6-7-15(14)17/h6-7,11H,2-5,8-10,12,16H2,1H3. The van der Waals surface area contributed by atoms with E-state index in [2.05, 4.69) is 23.1 Å². The highest BCUT2D eigenvalue weighted by molar-refractivity contribution is 5.56. The van der Waals surface area contributed by atoms with Gasteiger partial charge in [-0.25, -0.2) is 0 Å². The molecule has 1 aromatic carbocycles. The number of aryl methyl sites for hydroxylation is 1. The minimum Gasteiger partial charge on any atom is -0.385 e. The number of nitrogens with two attached hydrogens (primary N) is 1. The van der Waals surface area contributed by atoms with E-state index in [1.54, 1.807) is 7.11 Å². The molecule has 100 valence electrons. The average Bonchev–Trinajstić information content (AvgIpc) is 2.43. The number of methoxy groups -OCH3 is 1. The summed E-state index contributed by atoms with van der Waals surface area (Å²) in [7, 11) is 1.77. The van der Waals surface area contributed by atoms with E-state index in [1.165, 1.54) is 42.6 Å². The first kappa shape index (κ1) is 13.4. The summed E-state index contributed by atoms with van der Waals surface area (Å²) in [5.74, 6) is 0. The van der Waals surface area contributed by atoms with Gasteiger partial charge in [0.2, 0.25) is 0 Å². The molecule has 1 aliphatic rings. The highest BCUT2D eigenvalue weighted by Crippen LogP contribution is 2.28. The second kappa shape index (κ2) is 6.76. The van der Waals surface area contributed by atoms with E-state index in [0.717, 1.165) is 19.6 Å². The molecule has 0 spiro atoms. The van der Waals surface area contributed by atoms with E-state index >= 15 is 0 Å². The first-order valence-electron chi connectivity index (χ1n) is 6.91. The van der Waals surface area contributed by atoms with Gasteiger partial charge in [-0.05, 0) is 42.9 Å². The van der Waals surface area contributed by atoms with E-state index in [4.69, 9.17) is 10.5 Å². The van der Waals surface area contributed by atoms with E-state index in [0.29, 0.717) is 6.54 Å².